The lowest BCUT2D eigenvalue weighted by Gasteiger charge is -2.32. The van der Waals surface area contributed by atoms with Crippen molar-refractivity contribution in [2.45, 2.75) is 39.0 Å². The van der Waals surface area contributed by atoms with E-state index in [1.807, 2.05) is 24.5 Å². The van der Waals surface area contributed by atoms with E-state index in [9.17, 15) is 4.79 Å². The number of aromatic nitrogens is 2. The van der Waals surface area contributed by atoms with Crippen LogP contribution in [-0.4, -0.2) is 22.4 Å². The Hall–Kier alpha value is -3.14. The van der Waals surface area contributed by atoms with Crippen molar-refractivity contribution in [1.29, 1.82) is 0 Å². The second-order valence-corrected chi connectivity index (χ2v) is 8.73. The highest BCUT2D eigenvalue weighted by Crippen LogP contribution is 2.37. The number of fused-ring (bicyclic) bond motifs is 2. The number of H-pyrrole nitrogens is 1. The smallest absolute Gasteiger partial charge is 0.251 e. The van der Waals surface area contributed by atoms with E-state index in [1.165, 1.54) is 11.1 Å². The lowest BCUT2D eigenvalue weighted by Crippen LogP contribution is -2.43. The molecule has 1 aliphatic heterocycles. The number of benzene rings is 1. The molecule has 1 aromatic carbocycles. The maximum atomic E-state index is 12.3. The molecule has 1 amide bonds. The molecule has 1 aliphatic carbocycles. The van der Waals surface area contributed by atoms with Crippen molar-refractivity contribution in [1.82, 2.24) is 15.3 Å². The summed E-state index contributed by atoms with van der Waals surface area (Å²) in [5, 5.41) is 4.10. The number of carbonyl (C=O) groups is 1. The van der Waals surface area contributed by atoms with Gasteiger partial charge in [0.25, 0.3) is 5.91 Å². The molecule has 0 bridgehead atoms. The Morgan fingerprint density at radius 3 is 2.69 bits per heavy atom. The molecule has 5 rings (SSSR count). The van der Waals surface area contributed by atoms with Crippen LogP contribution in [-0.2, 0) is 5.41 Å². The van der Waals surface area contributed by atoms with Crippen LogP contribution in [0, 0.1) is 0 Å². The third kappa shape index (κ3) is 2.91. The lowest BCUT2D eigenvalue weighted by atomic mass is 9.78. The van der Waals surface area contributed by atoms with E-state index in [2.05, 4.69) is 60.3 Å². The number of allylic oxidation sites excluding steroid dienone is 4. The fourth-order valence-corrected chi connectivity index (χ4v) is 4.49. The Bertz CT molecular complexity index is 1210. The molecule has 2 N–H and O–H groups in total. The minimum absolute atomic E-state index is 0.0141. The van der Waals surface area contributed by atoms with Gasteiger partial charge in [-0.3, -0.25) is 4.79 Å². The van der Waals surface area contributed by atoms with E-state index in [1.54, 1.807) is 0 Å². The van der Waals surface area contributed by atoms with Crippen LogP contribution in [0.2, 0.25) is 0 Å². The summed E-state index contributed by atoms with van der Waals surface area (Å²) < 4.78 is 0. The van der Waals surface area contributed by atoms with Gasteiger partial charge < -0.3 is 10.3 Å². The van der Waals surface area contributed by atoms with Gasteiger partial charge in [-0.2, -0.15) is 0 Å². The molecule has 0 radical (unpaired) electrons. The van der Waals surface area contributed by atoms with Gasteiger partial charge in [-0.25, -0.2) is 4.98 Å². The lowest BCUT2D eigenvalue weighted by molar-refractivity contribution is 0.0930. The molecule has 0 saturated carbocycles. The van der Waals surface area contributed by atoms with Gasteiger partial charge >= 0.3 is 0 Å². The Morgan fingerprint density at radius 1 is 1.03 bits per heavy atom. The second kappa shape index (κ2) is 6.45. The summed E-state index contributed by atoms with van der Waals surface area (Å²) >= 11 is 0. The van der Waals surface area contributed by atoms with E-state index < -0.39 is 0 Å². The molecule has 146 valence electrons. The monoisotopic (exact) mass is 383 g/mol. The predicted octanol–water partition coefficient (Wildman–Crippen LogP) is 5.37. The molecule has 4 heteroatoms. The molecular weight excluding hydrogens is 358 g/mol. The third-order valence-corrected chi connectivity index (χ3v) is 6.23. The molecule has 2 aliphatic rings. The molecule has 0 fully saturated rings. The summed E-state index contributed by atoms with van der Waals surface area (Å²) in [6.45, 7) is 7.18. The van der Waals surface area contributed by atoms with Gasteiger partial charge in [-0.15, -0.1) is 0 Å². The second-order valence-electron chi connectivity index (χ2n) is 8.73. The van der Waals surface area contributed by atoms with Gasteiger partial charge in [-0.1, -0.05) is 32.1 Å². The summed E-state index contributed by atoms with van der Waals surface area (Å²) in [4.78, 5) is 20.3. The first-order valence-electron chi connectivity index (χ1n) is 10.2. The maximum absolute atomic E-state index is 12.3. The number of rotatable bonds is 2. The molecule has 0 spiro atoms. The number of nitrogens with zero attached hydrogens (tertiary/aromatic N) is 1. The van der Waals surface area contributed by atoms with Crippen LogP contribution in [0.3, 0.4) is 0 Å². The Labute approximate surface area is 170 Å². The van der Waals surface area contributed by atoms with Crippen molar-refractivity contribution in [3.8, 4) is 11.1 Å². The molecule has 3 aromatic rings. The summed E-state index contributed by atoms with van der Waals surface area (Å²) in [5.74, 6) is 0.0141. The maximum Gasteiger partial charge on any atom is 0.251 e. The quantitative estimate of drug-likeness (QED) is 0.625. The number of nitrogens with one attached hydrogen (secondary N) is 2. The average Bonchev–Trinajstić information content (AvgIpc) is 3.14. The Balaban J connectivity index is 1.65. The fourth-order valence-electron chi connectivity index (χ4n) is 4.49. The molecule has 0 saturated heterocycles. The first-order chi connectivity index (χ1) is 13.9. The number of carbonyl (C=O) groups excluding carboxylic acids is 1. The van der Waals surface area contributed by atoms with E-state index in [0.29, 0.717) is 6.54 Å². The van der Waals surface area contributed by atoms with Gasteiger partial charge in [0.05, 0.1) is 0 Å². The highest BCUT2D eigenvalue weighted by molar-refractivity contribution is 6.00. The van der Waals surface area contributed by atoms with E-state index >= 15 is 0 Å². The van der Waals surface area contributed by atoms with E-state index in [-0.39, 0.29) is 11.3 Å². The fraction of sp³-hybridized carbons (Fsp3) is 0.280. The van der Waals surface area contributed by atoms with Crippen LogP contribution in [0.4, 0.5) is 0 Å². The van der Waals surface area contributed by atoms with Gasteiger partial charge in [-0.05, 0) is 60.2 Å². The van der Waals surface area contributed by atoms with Crippen molar-refractivity contribution < 1.29 is 4.79 Å². The molecule has 0 unspecified atom stereocenters. The predicted molar refractivity (Wildman–Crippen MR) is 118 cm³/mol. The standard InChI is InChI=1S/C25H25N3O/c1-15-6-4-5-7-18(15)17-10-20-21(13-27-23(20)26-12-17)16-8-9-19-22(11-16)25(2,3)14-28-24(19)29/h6-13H,4-5,14H2,1-3H3,(H,26,27)(H,28,29). The zero-order valence-corrected chi connectivity index (χ0v) is 17.1. The van der Waals surface area contributed by atoms with Crippen LogP contribution in [0.5, 0.6) is 0 Å². The molecule has 3 heterocycles. The number of hydrogen-bond acceptors (Lipinski definition) is 2. The van der Waals surface area contributed by atoms with Gasteiger partial charge in [0.1, 0.15) is 5.65 Å². The van der Waals surface area contributed by atoms with Crippen molar-refractivity contribution in [3.63, 3.8) is 0 Å². The van der Waals surface area contributed by atoms with Crippen molar-refractivity contribution in [2.24, 2.45) is 0 Å². The van der Waals surface area contributed by atoms with Gasteiger partial charge in [0.15, 0.2) is 0 Å². The molecule has 29 heavy (non-hydrogen) atoms. The number of pyridine rings is 1. The Kier molecular flexibility index (Phi) is 3.98. The van der Waals surface area contributed by atoms with Crippen LogP contribution in [0.15, 0.2) is 54.4 Å². The van der Waals surface area contributed by atoms with Crippen LogP contribution in [0.25, 0.3) is 27.7 Å². The van der Waals surface area contributed by atoms with E-state index in [0.717, 1.165) is 51.7 Å². The summed E-state index contributed by atoms with van der Waals surface area (Å²) in [6.07, 6.45) is 10.8. The molecule has 4 nitrogen and oxygen atoms in total. The van der Waals surface area contributed by atoms with E-state index in [4.69, 9.17) is 0 Å². The average molecular weight is 383 g/mol. The summed E-state index contributed by atoms with van der Waals surface area (Å²) in [5.41, 5.74) is 8.66. The zero-order chi connectivity index (χ0) is 20.2. The first kappa shape index (κ1) is 17.9. The van der Waals surface area contributed by atoms with Crippen LogP contribution >= 0.6 is 0 Å². The molecular formula is C25H25N3O. The number of hydrogen-bond donors (Lipinski definition) is 2. The normalized spacial score (nSPS) is 18.1. The Morgan fingerprint density at radius 2 is 1.86 bits per heavy atom. The van der Waals surface area contributed by atoms with Crippen molar-refractivity contribution in [3.05, 3.63) is 71.1 Å². The van der Waals surface area contributed by atoms with Crippen LogP contribution < -0.4 is 5.32 Å². The summed E-state index contributed by atoms with van der Waals surface area (Å²) in [7, 11) is 0. The topological polar surface area (TPSA) is 57.8 Å². The van der Waals surface area contributed by atoms with Gasteiger partial charge in [0, 0.05) is 46.4 Å². The molecule has 2 aromatic heterocycles. The number of aromatic amines is 1. The third-order valence-electron chi connectivity index (χ3n) is 6.23. The largest absolute Gasteiger partial charge is 0.351 e. The van der Waals surface area contributed by atoms with Gasteiger partial charge in [0.2, 0.25) is 0 Å². The first-order valence-corrected chi connectivity index (χ1v) is 10.2. The highest BCUT2D eigenvalue weighted by Gasteiger charge is 2.31. The summed E-state index contributed by atoms with van der Waals surface area (Å²) in [6, 6.07) is 8.40. The highest BCUT2D eigenvalue weighted by atomic mass is 16.1. The minimum atomic E-state index is -0.0937. The molecule has 0 atom stereocenters. The SMILES string of the molecule is CC1=CCCC=C1c1cnc2[nH]cc(-c3ccc4c(c3)C(C)(C)CNC4=O)c2c1. The number of amides is 1. The van der Waals surface area contributed by atoms with Crippen molar-refractivity contribution >= 4 is 22.5 Å². The minimum Gasteiger partial charge on any atom is -0.351 e. The van der Waals surface area contributed by atoms with Crippen LogP contribution in [0.1, 0.15) is 55.1 Å². The van der Waals surface area contributed by atoms with Crippen molar-refractivity contribution in [2.75, 3.05) is 6.54 Å². The zero-order valence-electron chi connectivity index (χ0n) is 17.1.